The Morgan fingerprint density at radius 3 is 2.70 bits per heavy atom. The second-order valence-electron chi connectivity index (χ2n) is 7.09. The third-order valence-electron chi connectivity index (χ3n) is 5.07. The number of rotatable bonds is 2. The minimum Gasteiger partial charge on any atom is -0.478 e. The molecule has 2 aromatic rings. The van der Waals surface area contributed by atoms with E-state index in [1.54, 1.807) is 12.1 Å². The molecule has 3 heterocycles. The fourth-order valence-corrected chi connectivity index (χ4v) is 3.46. The minimum absolute atomic E-state index is 0.118. The Labute approximate surface area is 156 Å². The van der Waals surface area contributed by atoms with Crippen molar-refractivity contribution >= 4 is 11.9 Å². The first-order valence-electron chi connectivity index (χ1n) is 8.97. The summed E-state index contributed by atoms with van der Waals surface area (Å²) in [6, 6.07) is 9.53. The van der Waals surface area contributed by atoms with E-state index in [4.69, 9.17) is 18.9 Å². The lowest BCUT2D eigenvalue weighted by molar-refractivity contribution is 0.0674. The van der Waals surface area contributed by atoms with E-state index in [9.17, 15) is 4.79 Å². The molecular formula is C21H19NO5. The van der Waals surface area contributed by atoms with Gasteiger partial charge in [0.1, 0.15) is 18.2 Å². The molecule has 3 aliphatic rings. The first kappa shape index (κ1) is 16.2. The number of carbonyl (C=O) groups is 1. The maximum atomic E-state index is 12.8. The molecule has 138 valence electrons. The molecule has 6 nitrogen and oxygen atoms in total. The largest absolute Gasteiger partial charge is 0.478 e. The van der Waals surface area contributed by atoms with Crippen molar-refractivity contribution in [2.24, 2.45) is 0 Å². The second kappa shape index (κ2) is 6.03. The van der Waals surface area contributed by atoms with Crippen LogP contribution in [0, 0.1) is 0 Å². The van der Waals surface area contributed by atoms with Crippen molar-refractivity contribution in [3.05, 3.63) is 52.8 Å². The third-order valence-corrected chi connectivity index (χ3v) is 5.07. The van der Waals surface area contributed by atoms with Gasteiger partial charge in [-0.05, 0) is 49.8 Å². The lowest BCUT2D eigenvalue weighted by Crippen LogP contribution is -2.37. The van der Waals surface area contributed by atoms with Crippen LogP contribution < -0.4 is 18.9 Å². The number of ketones is 1. The van der Waals surface area contributed by atoms with Gasteiger partial charge in [-0.3, -0.25) is 9.69 Å². The number of fused-ring (bicyclic) bond motifs is 4. The van der Waals surface area contributed by atoms with Gasteiger partial charge in [0.25, 0.3) is 0 Å². The molecule has 2 aromatic carbocycles. The van der Waals surface area contributed by atoms with Gasteiger partial charge in [0, 0.05) is 12.6 Å². The number of benzene rings is 2. The Kier molecular flexibility index (Phi) is 3.62. The highest BCUT2D eigenvalue weighted by atomic mass is 16.7. The molecule has 0 bridgehead atoms. The molecule has 0 aliphatic carbocycles. The average Bonchev–Trinajstić information content (AvgIpc) is 3.26. The predicted octanol–water partition coefficient (Wildman–Crippen LogP) is 3.59. The summed E-state index contributed by atoms with van der Waals surface area (Å²) in [6.45, 7) is 5.69. The third kappa shape index (κ3) is 2.64. The van der Waals surface area contributed by atoms with Crippen LogP contribution in [-0.4, -0.2) is 30.2 Å². The van der Waals surface area contributed by atoms with Crippen LogP contribution >= 0.6 is 0 Å². The van der Waals surface area contributed by atoms with Crippen LogP contribution in [0.15, 0.2) is 36.1 Å². The number of hydrogen-bond acceptors (Lipinski definition) is 6. The van der Waals surface area contributed by atoms with Crippen LogP contribution in [-0.2, 0) is 6.54 Å². The number of nitrogens with zero attached hydrogens (tertiary/aromatic N) is 1. The highest BCUT2D eigenvalue weighted by Crippen LogP contribution is 2.42. The number of ether oxygens (including phenoxy) is 4. The molecule has 6 heteroatoms. The van der Waals surface area contributed by atoms with Gasteiger partial charge in [-0.1, -0.05) is 6.07 Å². The smallest absolute Gasteiger partial charge is 0.231 e. The topological polar surface area (TPSA) is 57.2 Å². The van der Waals surface area contributed by atoms with E-state index in [0.29, 0.717) is 47.9 Å². The normalized spacial score (nSPS) is 19.1. The molecule has 0 saturated heterocycles. The Balaban J connectivity index is 1.49. The van der Waals surface area contributed by atoms with Gasteiger partial charge < -0.3 is 18.9 Å². The summed E-state index contributed by atoms with van der Waals surface area (Å²) in [5.74, 6) is 2.95. The van der Waals surface area contributed by atoms with Crippen LogP contribution in [0.4, 0.5) is 0 Å². The predicted molar refractivity (Wildman–Crippen MR) is 98.1 cm³/mol. The van der Waals surface area contributed by atoms with Gasteiger partial charge in [0.2, 0.25) is 12.6 Å². The van der Waals surface area contributed by atoms with E-state index in [-0.39, 0.29) is 12.6 Å². The number of carbonyl (C=O) groups excluding carboxylic acids is 1. The van der Waals surface area contributed by atoms with Gasteiger partial charge in [-0.15, -0.1) is 0 Å². The summed E-state index contributed by atoms with van der Waals surface area (Å²) in [5.41, 5.74) is 2.33. The Bertz CT molecular complexity index is 979. The van der Waals surface area contributed by atoms with Crippen LogP contribution in [0.5, 0.6) is 23.0 Å². The van der Waals surface area contributed by atoms with Crippen molar-refractivity contribution in [3.63, 3.8) is 0 Å². The molecule has 0 aromatic heterocycles. The molecule has 27 heavy (non-hydrogen) atoms. The summed E-state index contributed by atoms with van der Waals surface area (Å²) < 4.78 is 22.6. The van der Waals surface area contributed by atoms with Gasteiger partial charge in [0.05, 0.1) is 11.1 Å². The van der Waals surface area contributed by atoms with E-state index < -0.39 is 0 Å². The summed E-state index contributed by atoms with van der Waals surface area (Å²) in [6.07, 6.45) is 1.74. The van der Waals surface area contributed by atoms with Crippen molar-refractivity contribution in [2.75, 3.05) is 13.5 Å². The highest BCUT2D eigenvalue weighted by Gasteiger charge is 2.34. The van der Waals surface area contributed by atoms with Crippen molar-refractivity contribution < 1.29 is 23.7 Å². The van der Waals surface area contributed by atoms with Gasteiger partial charge >= 0.3 is 0 Å². The van der Waals surface area contributed by atoms with Crippen molar-refractivity contribution in [1.82, 2.24) is 4.90 Å². The van der Waals surface area contributed by atoms with E-state index >= 15 is 0 Å². The number of Topliss-reactive ketones (excluding diaryl/α,β-unsaturated/α-hetero) is 1. The van der Waals surface area contributed by atoms with Crippen LogP contribution in [0.25, 0.3) is 6.08 Å². The molecule has 0 spiro atoms. The Hall–Kier alpha value is -2.99. The summed E-state index contributed by atoms with van der Waals surface area (Å²) in [7, 11) is 0. The van der Waals surface area contributed by atoms with Gasteiger partial charge in [0.15, 0.2) is 17.3 Å². The molecule has 0 atom stereocenters. The van der Waals surface area contributed by atoms with Crippen molar-refractivity contribution in [1.29, 1.82) is 0 Å². The van der Waals surface area contributed by atoms with Gasteiger partial charge in [-0.25, -0.2) is 0 Å². The standard InChI is InChI=1S/C21H19NO5/c1-12(2)22-9-15-16(24-10-22)6-4-14-20(23)19(27-21(14)15)8-13-3-5-17-18(7-13)26-11-25-17/h3-8,12H,9-11H2,1-2H3/b19-8-. The molecule has 3 aliphatic heterocycles. The molecule has 5 rings (SSSR count). The second-order valence-corrected chi connectivity index (χ2v) is 7.09. The van der Waals surface area contributed by atoms with E-state index in [0.717, 1.165) is 16.9 Å². The maximum Gasteiger partial charge on any atom is 0.231 e. The number of allylic oxidation sites excluding steroid dienone is 1. The zero-order valence-corrected chi connectivity index (χ0v) is 15.2. The summed E-state index contributed by atoms with van der Waals surface area (Å²) >= 11 is 0. The molecule has 0 fully saturated rings. The average molecular weight is 365 g/mol. The SMILES string of the molecule is CC(C)N1COc2ccc3c(c2C1)O/C(=C\c1ccc2c(c1)OCO2)C3=O. The van der Waals surface area contributed by atoms with Crippen molar-refractivity contribution in [2.45, 2.75) is 26.4 Å². The maximum absolute atomic E-state index is 12.8. The lowest BCUT2D eigenvalue weighted by atomic mass is 10.0. The Morgan fingerprint density at radius 1 is 1.04 bits per heavy atom. The fourth-order valence-electron chi connectivity index (χ4n) is 3.46. The zero-order chi connectivity index (χ0) is 18.5. The molecule has 0 saturated carbocycles. The van der Waals surface area contributed by atoms with Crippen LogP contribution in [0.2, 0.25) is 0 Å². The highest BCUT2D eigenvalue weighted by molar-refractivity contribution is 6.15. The molecule has 0 N–H and O–H groups in total. The van der Waals surface area contributed by atoms with E-state index in [1.165, 1.54) is 0 Å². The lowest BCUT2D eigenvalue weighted by Gasteiger charge is -2.32. The van der Waals surface area contributed by atoms with E-state index in [2.05, 4.69) is 18.7 Å². The van der Waals surface area contributed by atoms with Gasteiger partial charge in [-0.2, -0.15) is 0 Å². The van der Waals surface area contributed by atoms with Crippen molar-refractivity contribution in [3.8, 4) is 23.0 Å². The summed E-state index contributed by atoms with van der Waals surface area (Å²) in [5, 5.41) is 0. The first-order chi connectivity index (χ1) is 13.1. The molecule has 0 radical (unpaired) electrons. The summed E-state index contributed by atoms with van der Waals surface area (Å²) in [4.78, 5) is 15.0. The van der Waals surface area contributed by atoms with Crippen LogP contribution in [0.3, 0.4) is 0 Å². The Morgan fingerprint density at radius 2 is 1.85 bits per heavy atom. The molecule has 0 unspecified atom stereocenters. The monoisotopic (exact) mass is 365 g/mol. The minimum atomic E-state index is -0.118. The van der Waals surface area contributed by atoms with E-state index in [1.807, 2.05) is 24.3 Å². The quantitative estimate of drug-likeness (QED) is 0.758. The first-order valence-corrected chi connectivity index (χ1v) is 8.97. The molecule has 0 amide bonds. The zero-order valence-electron chi connectivity index (χ0n) is 15.2. The van der Waals surface area contributed by atoms with Crippen LogP contribution in [0.1, 0.15) is 35.3 Å². The fraction of sp³-hybridized carbons (Fsp3) is 0.286. The molecular weight excluding hydrogens is 346 g/mol. The number of hydrogen-bond donors (Lipinski definition) is 0.